The molecule has 0 unspecified atom stereocenters. The number of nitrogens with one attached hydrogen (secondary N) is 1. The minimum absolute atomic E-state index is 0.0932. The van der Waals surface area contributed by atoms with E-state index in [9.17, 15) is 9.59 Å². The first kappa shape index (κ1) is 23.3. The third-order valence-electron chi connectivity index (χ3n) is 5.84. The van der Waals surface area contributed by atoms with Gasteiger partial charge in [0.2, 0.25) is 0 Å². The number of ketones is 1. The molecule has 1 aliphatic heterocycles. The molecule has 0 radical (unpaired) electrons. The summed E-state index contributed by atoms with van der Waals surface area (Å²) in [5, 5.41) is 3.59. The van der Waals surface area contributed by atoms with E-state index in [1.165, 1.54) is 6.92 Å². The number of nitrogens with zero attached hydrogens (tertiary/aromatic N) is 1. The van der Waals surface area contributed by atoms with E-state index in [-0.39, 0.29) is 11.8 Å². The van der Waals surface area contributed by atoms with Crippen molar-refractivity contribution >= 4 is 29.0 Å². The van der Waals surface area contributed by atoms with Crippen molar-refractivity contribution in [2.24, 2.45) is 0 Å². The van der Waals surface area contributed by atoms with E-state index in [4.69, 9.17) is 15.2 Å². The SMILES string of the molecule is COc1cc(OC)cc(/C(NC2CCN(C)CC2)=C(/C=O)c2cc(C(C)=O)ccc2N)c1. The molecule has 0 aromatic heterocycles. The van der Waals surface area contributed by atoms with Crippen LogP contribution in [0.4, 0.5) is 5.69 Å². The molecule has 32 heavy (non-hydrogen) atoms. The van der Waals surface area contributed by atoms with Crippen molar-refractivity contribution in [1.82, 2.24) is 10.2 Å². The van der Waals surface area contributed by atoms with Crippen LogP contribution in [0.25, 0.3) is 11.3 Å². The number of carbonyl (C=O) groups is 2. The summed E-state index contributed by atoms with van der Waals surface area (Å²) in [5.41, 5.74) is 9.47. The Labute approximate surface area is 189 Å². The predicted octanol–water partition coefficient (Wildman–Crippen LogP) is 3.24. The quantitative estimate of drug-likeness (QED) is 0.215. The summed E-state index contributed by atoms with van der Waals surface area (Å²) < 4.78 is 10.9. The van der Waals surface area contributed by atoms with Gasteiger partial charge in [0.15, 0.2) is 12.1 Å². The van der Waals surface area contributed by atoms with E-state index in [0.29, 0.717) is 39.6 Å². The lowest BCUT2D eigenvalue weighted by atomic mass is 9.94. The molecule has 1 heterocycles. The molecule has 3 N–H and O–H groups in total. The van der Waals surface area contributed by atoms with Gasteiger partial charge in [-0.3, -0.25) is 9.59 Å². The molecule has 2 aromatic rings. The lowest BCUT2D eigenvalue weighted by molar-refractivity contribution is -0.103. The summed E-state index contributed by atoms with van der Waals surface area (Å²) in [6, 6.07) is 10.7. The van der Waals surface area contributed by atoms with E-state index in [1.807, 2.05) is 12.1 Å². The summed E-state index contributed by atoms with van der Waals surface area (Å²) in [6.07, 6.45) is 2.67. The van der Waals surface area contributed by atoms with Gasteiger partial charge in [-0.05, 0) is 70.2 Å². The monoisotopic (exact) mass is 437 g/mol. The Morgan fingerprint density at radius 2 is 1.69 bits per heavy atom. The number of carbonyl (C=O) groups excluding carboxylic acids is 2. The number of benzene rings is 2. The number of nitrogen functional groups attached to an aromatic ring is 1. The highest BCUT2D eigenvalue weighted by atomic mass is 16.5. The normalized spacial score (nSPS) is 15.6. The Kier molecular flexibility index (Phi) is 7.53. The molecular formula is C25H31N3O4. The fraction of sp³-hybridized carbons (Fsp3) is 0.360. The average Bonchev–Trinajstić information content (AvgIpc) is 2.80. The molecule has 2 aromatic carbocycles. The molecule has 0 bridgehead atoms. The van der Waals surface area contributed by atoms with Crippen LogP contribution in [0.5, 0.6) is 11.5 Å². The van der Waals surface area contributed by atoms with Gasteiger partial charge in [-0.25, -0.2) is 0 Å². The van der Waals surface area contributed by atoms with E-state index >= 15 is 0 Å². The number of rotatable bonds is 8. The van der Waals surface area contributed by atoms with E-state index in [2.05, 4.69) is 17.3 Å². The molecule has 7 nitrogen and oxygen atoms in total. The van der Waals surface area contributed by atoms with Crippen molar-refractivity contribution in [2.75, 3.05) is 40.1 Å². The summed E-state index contributed by atoms with van der Waals surface area (Å²) in [5.74, 6) is 1.12. The third kappa shape index (κ3) is 5.29. The number of piperidine rings is 1. The molecule has 0 amide bonds. The molecule has 170 valence electrons. The van der Waals surface area contributed by atoms with Gasteiger partial charge in [0.1, 0.15) is 11.5 Å². The summed E-state index contributed by atoms with van der Waals surface area (Å²) >= 11 is 0. The number of anilines is 1. The minimum Gasteiger partial charge on any atom is -0.497 e. The number of hydrogen-bond donors (Lipinski definition) is 2. The van der Waals surface area contributed by atoms with Gasteiger partial charge in [-0.2, -0.15) is 0 Å². The van der Waals surface area contributed by atoms with Crippen molar-refractivity contribution in [3.8, 4) is 11.5 Å². The average molecular weight is 438 g/mol. The zero-order valence-corrected chi connectivity index (χ0v) is 19.1. The maximum Gasteiger partial charge on any atom is 0.159 e. The first-order valence-electron chi connectivity index (χ1n) is 10.6. The lowest BCUT2D eigenvalue weighted by Gasteiger charge is -2.31. The fourth-order valence-electron chi connectivity index (χ4n) is 3.89. The molecule has 0 spiro atoms. The Bertz CT molecular complexity index is 1000. The van der Waals surface area contributed by atoms with Crippen molar-refractivity contribution in [1.29, 1.82) is 0 Å². The molecule has 1 fully saturated rings. The van der Waals surface area contributed by atoms with Gasteiger partial charge in [0, 0.05) is 40.1 Å². The van der Waals surface area contributed by atoms with E-state index in [0.717, 1.165) is 37.8 Å². The number of methoxy groups -OCH3 is 2. The topological polar surface area (TPSA) is 93.9 Å². The van der Waals surface area contributed by atoms with Gasteiger partial charge in [-0.15, -0.1) is 0 Å². The van der Waals surface area contributed by atoms with Crippen LogP contribution in [-0.4, -0.2) is 57.4 Å². The fourth-order valence-corrected chi connectivity index (χ4v) is 3.89. The van der Waals surface area contributed by atoms with Crippen LogP contribution in [0.1, 0.15) is 41.3 Å². The first-order valence-corrected chi connectivity index (χ1v) is 10.6. The van der Waals surface area contributed by atoms with Crippen LogP contribution in [-0.2, 0) is 4.79 Å². The van der Waals surface area contributed by atoms with Crippen LogP contribution in [0.15, 0.2) is 36.4 Å². The van der Waals surface area contributed by atoms with Gasteiger partial charge < -0.3 is 25.4 Å². The number of nitrogens with two attached hydrogens (primary N) is 1. The van der Waals surface area contributed by atoms with Crippen molar-refractivity contribution in [2.45, 2.75) is 25.8 Å². The Morgan fingerprint density at radius 1 is 1.06 bits per heavy atom. The third-order valence-corrected chi connectivity index (χ3v) is 5.84. The highest BCUT2D eigenvalue weighted by Gasteiger charge is 2.22. The molecule has 1 aliphatic rings. The van der Waals surface area contributed by atoms with Gasteiger partial charge in [0.05, 0.1) is 19.9 Å². The maximum atomic E-state index is 12.4. The Morgan fingerprint density at radius 3 is 2.22 bits per heavy atom. The van der Waals surface area contributed by atoms with Crippen LogP contribution >= 0.6 is 0 Å². The summed E-state index contributed by atoms with van der Waals surface area (Å²) in [4.78, 5) is 26.7. The second-order valence-electron chi connectivity index (χ2n) is 8.09. The summed E-state index contributed by atoms with van der Waals surface area (Å²) in [7, 11) is 5.27. The molecule has 0 aliphatic carbocycles. The van der Waals surface area contributed by atoms with Gasteiger partial charge >= 0.3 is 0 Å². The molecule has 0 atom stereocenters. The molecule has 7 heteroatoms. The highest BCUT2D eigenvalue weighted by molar-refractivity contribution is 6.19. The van der Waals surface area contributed by atoms with Crippen molar-refractivity contribution in [3.63, 3.8) is 0 Å². The Hall–Kier alpha value is -3.32. The van der Waals surface area contributed by atoms with E-state index < -0.39 is 0 Å². The van der Waals surface area contributed by atoms with Crippen LogP contribution in [0.2, 0.25) is 0 Å². The standard InChI is InChI=1S/C25H31N3O4/c1-16(30)17-5-6-24(26)22(13-17)23(15-29)25(27-19-7-9-28(2)10-8-19)18-11-20(31-3)14-21(12-18)32-4/h5-6,11-15,19,27H,7-10,26H2,1-4H3/b25-23+. The number of allylic oxidation sites excluding steroid dienone is 1. The summed E-state index contributed by atoms with van der Waals surface area (Å²) in [6.45, 7) is 3.42. The van der Waals surface area contributed by atoms with Crippen LogP contribution in [0.3, 0.4) is 0 Å². The second-order valence-corrected chi connectivity index (χ2v) is 8.09. The highest BCUT2D eigenvalue weighted by Crippen LogP contribution is 2.33. The largest absolute Gasteiger partial charge is 0.497 e. The second kappa shape index (κ2) is 10.3. The predicted molar refractivity (Wildman–Crippen MR) is 127 cm³/mol. The Balaban J connectivity index is 2.20. The van der Waals surface area contributed by atoms with Crippen molar-refractivity contribution in [3.05, 3.63) is 53.1 Å². The number of aldehydes is 1. The number of ether oxygens (including phenoxy) is 2. The number of hydrogen-bond acceptors (Lipinski definition) is 7. The van der Waals surface area contributed by atoms with Crippen LogP contribution < -0.4 is 20.5 Å². The first-order chi connectivity index (χ1) is 15.4. The zero-order valence-electron chi connectivity index (χ0n) is 19.1. The smallest absolute Gasteiger partial charge is 0.159 e. The molecule has 1 saturated heterocycles. The molecular weight excluding hydrogens is 406 g/mol. The van der Waals surface area contributed by atoms with Crippen LogP contribution in [0, 0.1) is 0 Å². The lowest BCUT2D eigenvalue weighted by Crippen LogP contribution is -2.40. The zero-order chi connectivity index (χ0) is 23.3. The van der Waals surface area contributed by atoms with Gasteiger partial charge in [0.25, 0.3) is 0 Å². The molecule has 0 saturated carbocycles. The van der Waals surface area contributed by atoms with Gasteiger partial charge in [-0.1, -0.05) is 0 Å². The maximum absolute atomic E-state index is 12.4. The van der Waals surface area contributed by atoms with E-state index in [1.54, 1.807) is 38.5 Å². The number of Topliss-reactive ketones (excluding diaryl/α,β-unsaturated/α-hetero) is 1. The van der Waals surface area contributed by atoms with Crippen molar-refractivity contribution < 1.29 is 19.1 Å². The molecule has 3 rings (SSSR count). The number of likely N-dealkylation sites (tertiary alicyclic amines) is 1. The minimum atomic E-state index is -0.0932.